The summed E-state index contributed by atoms with van der Waals surface area (Å²) in [4.78, 5) is 24.7. The molecular weight excluding hydrogens is 404 g/mol. The van der Waals surface area contributed by atoms with Gasteiger partial charge in [0.05, 0.1) is 50.3 Å². The quantitative estimate of drug-likeness (QED) is 0.473. The van der Waals surface area contributed by atoms with Crippen molar-refractivity contribution in [2.75, 3.05) is 27.4 Å². The van der Waals surface area contributed by atoms with Gasteiger partial charge in [0.25, 0.3) is 0 Å². The van der Waals surface area contributed by atoms with Crippen molar-refractivity contribution in [1.29, 1.82) is 0 Å². The van der Waals surface area contributed by atoms with Crippen LogP contribution in [0.15, 0.2) is 24.3 Å². The van der Waals surface area contributed by atoms with E-state index in [-0.39, 0.29) is 37.6 Å². The van der Waals surface area contributed by atoms with Crippen molar-refractivity contribution in [2.45, 2.75) is 26.9 Å². The molecule has 0 aliphatic carbocycles. The molecular formula is C21H24N4O6. The average Bonchev–Trinajstić information content (AvgIpc) is 3.13. The first-order valence-electron chi connectivity index (χ1n) is 9.77. The molecule has 0 radical (unpaired) electrons. The van der Waals surface area contributed by atoms with E-state index in [1.54, 1.807) is 28.1 Å². The number of carbonyl (C=O) groups is 2. The summed E-state index contributed by atoms with van der Waals surface area (Å²) in [5.41, 5.74) is 2.39. The number of fused-ring (bicyclic) bond motifs is 1. The molecule has 0 saturated carbocycles. The highest BCUT2D eigenvalue weighted by Crippen LogP contribution is 2.35. The maximum atomic E-state index is 12.5. The number of hydrogen-bond acceptors (Lipinski definition) is 9. The first kappa shape index (κ1) is 22.2. The van der Waals surface area contributed by atoms with Crippen molar-refractivity contribution in [3.05, 3.63) is 41.3 Å². The number of methoxy groups -OCH3 is 2. The van der Waals surface area contributed by atoms with Crippen LogP contribution in [-0.4, -0.2) is 59.2 Å². The lowest BCUT2D eigenvalue weighted by atomic mass is 10.0. The zero-order valence-corrected chi connectivity index (χ0v) is 17.9. The summed E-state index contributed by atoms with van der Waals surface area (Å²) >= 11 is 0. The Balaban J connectivity index is 2.30. The molecule has 0 fully saturated rings. The maximum absolute atomic E-state index is 12.5. The molecule has 2 heterocycles. The van der Waals surface area contributed by atoms with Crippen LogP contribution in [-0.2, 0) is 32.0 Å². The van der Waals surface area contributed by atoms with E-state index in [9.17, 15) is 9.59 Å². The maximum Gasteiger partial charge on any atom is 0.360 e. The van der Waals surface area contributed by atoms with Crippen LogP contribution < -0.4 is 4.74 Å². The van der Waals surface area contributed by atoms with Crippen LogP contribution in [0.3, 0.4) is 0 Å². The van der Waals surface area contributed by atoms with Crippen molar-refractivity contribution >= 4 is 17.6 Å². The van der Waals surface area contributed by atoms with Gasteiger partial charge in [-0.15, -0.1) is 10.2 Å². The molecule has 10 heteroatoms. The molecule has 0 aliphatic rings. The lowest BCUT2D eigenvalue weighted by molar-refractivity contribution is -0.142. The molecule has 0 N–H and O–H groups in total. The van der Waals surface area contributed by atoms with E-state index in [1.807, 2.05) is 24.3 Å². The standard InChI is InChI=1S/C21H24N4O6/c1-5-30-17(26)11-15-19(21(27)31-6-2)22-23-20-18(14(12-28-3)24-25(15)20)13-9-7-8-10-16(13)29-4/h7-10H,5-6,11-12H2,1-4H3. The third-order valence-electron chi connectivity index (χ3n) is 4.45. The highest BCUT2D eigenvalue weighted by atomic mass is 16.5. The van der Waals surface area contributed by atoms with Crippen LogP contribution in [0.5, 0.6) is 5.75 Å². The Hall–Kier alpha value is -3.53. The molecule has 0 saturated heterocycles. The van der Waals surface area contributed by atoms with E-state index in [4.69, 9.17) is 18.9 Å². The van der Waals surface area contributed by atoms with E-state index < -0.39 is 11.9 Å². The minimum atomic E-state index is -0.696. The van der Waals surface area contributed by atoms with Crippen molar-refractivity contribution in [3.8, 4) is 16.9 Å². The van der Waals surface area contributed by atoms with E-state index >= 15 is 0 Å². The highest BCUT2D eigenvalue weighted by Gasteiger charge is 2.27. The van der Waals surface area contributed by atoms with Gasteiger partial charge < -0.3 is 18.9 Å². The minimum Gasteiger partial charge on any atom is -0.496 e. The minimum absolute atomic E-state index is 0.0968. The number of para-hydroxylation sites is 1. The molecule has 0 bridgehead atoms. The van der Waals surface area contributed by atoms with Crippen LogP contribution in [0.4, 0.5) is 0 Å². The molecule has 0 aliphatic heterocycles. The fraction of sp³-hybridized carbons (Fsp3) is 0.381. The molecule has 0 amide bonds. The molecule has 1 aromatic carbocycles. The van der Waals surface area contributed by atoms with Crippen molar-refractivity contribution < 1.29 is 28.5 Å². The number of hydrogen-bond donors (Lipinski definition) is 0. The number of carbonyl (C=O) groups excluding carboxylic acids is 2. The van der Waals surface area contributed by atoms with Gasteiger partial charge in [0, 0.05) is 12.7 Å². The predicted molar refractivity (Wildman–Crippen MR) is 110 cm³/mol. The largest absolute Gasteiger partial charge is 0.496 e. The van der Waals surface area contributed by atoms with Gasteiger partial charge in [0.2, 0.25) is 0 Å². The molecule has 164 valence electrons. The molecule has 0 spiro atoms. The predicted octanol–water partition coefficient (Wildman–Crippen LogP) is 2.23. The summed E-state index contributed by atoms with van der Waals surface area (Å²) in [6.45, 7) is 3.91. The highest BCUT2D eigenvalue weighted by molar-refractivity contribution is 5.91. The fourth-order valence-electron chi connectivity index (χ4n) is 3.22. The van der Waals surface area contributed by atoms with Crippen molar-refractivity contribution in [2.24, 2.45) is 0 Å². The summed E-state index contributed by atoms with van der Waals surface area (Å²) in [6, 6.07) is 7.38. The third-order valence-corrected chi connectivity index (χ3v) is 4.45. The van der Waals surface area contributed by atoms with Gasteiger partial charge in [-0.2, -0.15) is 5.10 Å². The lowest BCUT2D eigenvalue weighted by Gasteiger charge is -2.10. The van der Waals surface area contributed by atoms with Gasteiger partial charge in [-0.1, -0.05) is 18.2 Å². The van der Waals surface area contributed by atoms with Gasteiger partial charge >= 0.3 is 11.9 Å². The Morgan fingerprint density at radius 1 is 1.03 bits per heavy atom. The van der Waals surface area contributed by atoms with Gasteiger partial charge in [-0.3, -0.25) is 4.79 Å². The monoisotopic (exact) mass is 428 g/mol. The van der Waals surface area contributed by atoms with Crippen LogP contribution >= 0.6 is 0 Å². The van der Waals surface area contributed by atoms with Crippen molar-refractivity contribution in [3.63, 3.8) is 0 Å². The van der Waals surface area contributed by atoms with Crippen LogP contribution in [0.25, 0.3) is 16.8 Å². The summed E-state index contributed by atoms with van der Waals surface area (Å²) < 4.78 is 22.4. The Morgan fingerprint density at radius 3 is 2.45 bits per heavy atom. The molecule has 0 unspecified atom stereocenters. The van der Waals surface area contributed by atoms with Crippen molar-refractivity contribution in [1.82, 2.24) is 19.8 Å². The first-order chi connectivity index (χ1) is 15.0. The first-order valence-corrected chi connectivity index (χ1v) is 9.77. The summed E-state index contributed by atoms with van der Waals surface area (Å²) in [6.07, 6.45) is -0.229. The van der Waals surface area contributed by atoms with E-state index in [1.165, 1.54) is 4.52 Å². The molecule has 0 atom stereocenters. The second-order valence-corrected chi connectivity index (χ2v) is 6.39. The summed E-state index contributed by atoms with van der Waals surface area (Å²) in [5, 5.41) is 12.9. The Kier molecular flexibility index (Phi) is 7.14. The molecule has 3 aromatic rings. The number of rotatable bonds is 9. The second-order valence-electron chi connectivity index (χ2n) is 6.39. The van der Waals surface area contributed by atoms with Crippen LogP contribution in [0.2, 0.25) is 0 Å². The Morgan fingerprint density at radius 2 is 1.77 bits per heavy atom. The molecule has 2 aromatic heterocycles. The Labute approximate surface area is 179 Å². The third kappa shape index (κ3) is 4.48. The zero-order chi connectivity index (χ0) is 22.4. The normalized spacial score (nSPS) is 10.8. The van der Waals surface area contributed by atoms with Gasteiger partial charge in [0.15, 0.2) is 11.3 Å². The van der Waals surface area contributed by atoms with Crippen LogP contribution in [0.1, 0.15) is 35.7 Å². The fourth-order valence-corrected chi connectivity index (χ4v) is 3.22. The lowest BCUT2D eigenvalue weighted by Crippen LogP contribution is -2.20. The van der Waals surface area contributed by atoms with E-state index in [0.29, 0.717) is 22.7 Å². The second kappa shape index (κ2) is 9.98. The number of nitrogens with zero attached hydrogens (tertiary/aromatic N) is 4. The number of ether oxygens (including phenoxy) is 4. The molecule has 10 nitrogen and oxygen atoms in total. The van der Waals surface area contributed by atoms with Gasteiger partial charge in [0.1, 0.15) is 5.75 Å². The molecule has 31 heavy (non-hydrogen) atoms. The summed E-state index contributed by atoms with van der Waals surface area (Å²) in [5.74, 6) is -0.609. The average molecular weight is 428 g/mol. The van der Waals surface area contributed by atoms with E-state index in [2.05, 4.69) is 15.3 Å². The smallest absolute Gasteiger partial charge is 0.360 e. The van der Waals surface area contributed by atoms with E-state index in [0.717, 1.165) is 5.56 Å². The number of aromatic nitrogens is 4. The SMILES string of the molecule is CCOC(=O)Cc1c(C(=O)OCC)nnc2c(-c3ccccc3OC)c(COC)nn12. The van der Waals surface area contributed by atoms with Gasteiger partial charge in [-0.05, 0) is 19.9 Å². The summed E-state index contributed by atoms with van der Waals surface area (Å²) in [7, 11) is 3.11. The number of benzene rings is 1. The number of esters is 2. The Bertz CT molecular complexity index is 1090. The zero-order valence-electron chi connectivity index (χ0n) is 17.9. The topological polar surface area (TPSA) is 114 Å². The van der Waals surface area contributed by atoms with Gasteiger partial charge in [-0.25, -0.2) is 9.31 Å². The van der Waals surface area contributed by atoms with Crippen LogP contribution in [0, 0.1) is 0 Å². The molecule has 3 rings (SSSR count).